The van der Waals surface area contributed by atoms with E-state index in [1.165, 1.54) is 24.5 Å². The smallest absolute Gasteiger partial charge is 0.416 e. The molecule has 1 aliphatic rings. The number of furan rings is 1. The van der Waals surface area contributed by atoms with Crippen molar-refractivity contribution >= 4 is 23.6 Å². The molecule has 160 valence electrons. The van der Waals surface area contributed by atoms with Crippen molar-refractivity contribution in [2.75, 3.05) is 45.1 Å². The Hall–Kier alpha value is -3.07. The number of quaternary nitrogens is 1. The molecule has 1 N–H and O–H groups in total. The molecule has 0 aliphatic carbocycles. The van der Waals surface area contributed by atoms with Crippen molar-refractivity contribution in [3.63, 3.8) is 0 Å². The van der Waals surface area contributed by atoms with Gasteiger partial charge in [0.15, 0.2) is 6.54 Å². The lowest BCUT2D eigenvalue weighted by atomic mass is 10.2. The first-order valence-corrected chi connectivity index (χ1v) is 9.46. The third-order valence-corrected chi connectivity index (χ3v) is 5.06. The molecule has 0 bridgehead atoms. The summed E-state index contributed by atoms with van der Waals surface area (Å²) in [6.07, 6.45) is 0.119. The van der Waals surface area contributed by atoms with Gasteiger partial charge < -0.3 is 19.1 Å². The third kappa shape index (κ3) is 5.73. The highest BCUT2D eigenvalue weighted by atomic mass is 19.4. The number of anilines is 1. The van der Waals surface area contributed by atoms with Crippen LogP contribution in [0.25, 0.3) is 6.08 Å². The quantitative estimate of drug-likeness (QED) is 0.595. The number of nitrogens with zero attached hydrogens (tertiary/aromatic N) is 2. The van der Waals surface area contributed by atoms with Crippen LogP contribution in [-0.2, 0) is 15.8 Å². The van der Waals surface area contributed by atoms with Crippen LogP contribution in [0.1, 0.15) is 11.3 Å². The minimum atomic E-state index is -4.46. The Bertz CT molecular complexity index is 915. The van der Waals surface area contributed by atoms with Gasteiger partial charge in [-0.2, -0.15) is 13.2 Å². The normalized spacial score (nSPS) is 16.6. The van der Waals surface area contributed by atoms with E-state index in [-0.39, 0.29) is 24.0 Å². The minimum absolute atomic E-state index is 0.110. The molecule has 2 amide bonds. The van der Waals surface area contributed by atoms with Gasteiger partial charge >= 0.3 is 6.18 Å². The van der Waals surface area contributed by atoms with Gasteiger partial charge in [-0.1, -0.05) is 6.07 Å². The Labute approximate surface area is 172 Å². The number of carbonyl (C=O) groups is 2. The van der Waals surface area contributed by atoms with E-state index in [1.54, 1.807) is 23.1 Å². The van der Waals surface area contributed by atoms with Crippen molar-refractivity contribution in [1.29, 1.82) is 0 Å². The van der Waals surface area contributed by atoms with E-state index in [4.69, 9.17) is 4.42 Å². The number of halogens is 3. The Morgan fingerprint density at radius 2 is 1.93 bits per heavy atom. The van der Waals surface area contributed by atoms with Crippen LogP contribution in [0.5, 0.6) is 0 Å². The number of rotatable bonds is 5. The maximum Gasteiger partial charge on any atom is 0.416 e. The Morgan fingerprint density at radius 1 is 1.20 bits per heavy atom. The molecule has 0 saturated carbocycles. The fourth-order valence-corrected chi connectivity index (χ4v) is 3.29. The Balaban J connectivity index is 1.51. The SMILES string of the molecule is C[N+]1(CC(=O)Nc2cccc(C(F)(F)F)c2)CCN(C(=O)C=Cc2ccco2)CC1. The number of likely N-dealkylation sites (N-methyl/N-ethyl adjacent to an activating group) is 1. The van der Waals surface area contributed by atoms with Crippen molar-refractivity contribution in [3.05, 3.63) is 60.1 Å². The zero-order chi connectivity index (χ0) is 21.8. The van der Waals surface area contributed by atoms with Crippen molar-refractivity contribution in [3.8, 4) is 0 Å². The van der Waals surface area contributed by atoms with E-state index in [9.17, 15) is 22.8 Å². The number of nitrogens with one attached hydrogen (secondary N) is 1. The molecule has 1 aliphatic heterocycles. The lowest BCUT2D eigenvalue weighted by Gasteiger charge is -2.41. The molecule has 2 aromatic rings. The van der Waals surface area contributed by atoms with Crippen molar-refractivity contribution in [2.45, 2.75) is 6.18 Å². The zero-order valence-electron chi connectivity index (χ0n) is 16.5. The van der Waals surface area contributed by atoms with Gasteiger partial charge in [-0.3, -0.25) is 9.59 Å². The highest BCUT2D eigenvalue weighted by Gasteiger charge is 2.33. The van der Waals surface area contributed by atoms with Gasteiger partial charge in [0, 0.05) is 11.8 Å². The molecule has 9 heteroatoms. The molecule has 1 aromatic heterocycles. The zero-order valence-corrected chi connectivity index (χ0v) is 16.5. The lowest BCUT2D eigenvalue weighted by molar-refractivity contribution is -0.905. The van der Waals surface area contributed by atoms with Gasteiger partial charge in [-0.15, -0.1) is 0 Å². The van der Waals surface area contributed by atoms with Crippen molar-refractivity contribution in [2.24, 2.45) is 0 Å². The average Bonchev–Trinajstić information content (AvgIpc) is 3.19. The summed E-state index contributed by atoms with van der Waals surface area (Å²) in [4.78, 5) is 26.4. The average molecular weight is 422 g/mol. The first kappa shape index (κ1) is 21.6. The summed E-state index contributed by atoms with van der Waals surface area (Å²) in [6.45, 7) is 2.20. The molecule has 0 unspecified atom stereocenters. The maximum absolute atomic E-state index is 12.8. The summed E-state index contributed by atoms with van der Waals surface area (Å²) in [7, 11) is 1.90. The Kier molecular flexibility index (Phi) is 6.31. The number of hydrogen-bond donors (Lipinski definition) is 1. The number of carbonyl (C=O) groups excluding carboxylic acids is 2. The summed E-state index contributed by atoms with van der Waals surface area (Å²) in [5.74, 6) is 0.0904. The first-order valence-electron chi connectivity index (χ1n) is 9.46. The highest BCUT2D eigenvalue weighted by molar-refractivity contribution is 5.92. The number of piperazine rings is 1. The fourth-order valence-electron chi connectivity index (χ4n) is 3.29. The number of alkyl halides is 3. The number of hydrogen-bond acceptors (Lipinski definition) is 3. The molecule has 0 spiro atoms. The van der Waals surface area contributed by atoms with Crippen LogP contribution in [0.15, 0.2) is 53.2 Å². The van der Waals surface area contributed by atoms with Crippen LogP contribution in [0, 0.1) is 0 Å². The first-order chi connectivity index (χ1) is 14.1. The van der Waals surface area contributed by atoms with E-state index in [1.807, 2.05) is 7.05 Å². The monoisotopic (exact) mass is 422 g/mol. The molecule has 1 aromatic carbocycles. The maximum atomic E-state index is 12.8. The summed E-state index contributed by atoms with van der Waals surface area (Å²) in [6, 6.07) is 8.04. The predicted molar refractivity (Wildman–Crippen MR) is 105 cm³/mol. The summed E-state index contributed by atoms with van der Waals surface area (Å²) < 4.78 is 44.0. The van der Waals surface area contributed by atoms with Crippen LogP contribution < -0.4 is 5.32 Å². The molecule has 3 rings (SSSR count). The van der Waals surface area contributed by atoms with Gasteiger partial charge in [0.2, 0.25) is 5.91 Å². The van der Waals surface area contributed by atoms with E-state index in [0.29, 0.717) is 36.4 Å². The van der Waals surface area contributed by atoms with Gasteiger partial charge in [-0.05, 0) is 36.4 Å². The topological polar surface area (TPSA) is 62.6 Å². The van der Waals surface area contributed by atoms with Gasteiger partial charge in [0.1, 0.15) is 5.76 Å². The van der Waals surface area contributed by atoms with Gasteiger partial charge in [0.25, 0.3) is 5.91 Å². The van der Waals surface area contributed by atoms with E-state index < -0.39 is 11.7 Å². The van der Waals surface area contributed by atoms with Gasteiger partial charge in [-0.25, -0.2) is 0 Å². The molecular formula is C21H23F3N3O3+. The molecule has 0 atom stereocenters. The van der Waals surface area contributed by atoms with Crippen LogP contribution in [0.3, 0.4) is 0 Å². The molecule has 6 nitrogen and oxygen atoms in total. The van der Waals surface area contributed by atoms with E-state index >= 15 is 0 Å². The van der Waals surface area contributed by atoms with E-state index in [2.05, 4.69) is 5.32 Å². The molecule has 30 heavy (non-hydrogen) atoms. The Morgan fingerprint density at radius 3 is 2.57 bits per heavy atom. The summed E-state index contributed by atoms with van der Waals surface area (Å²) in [5, 5.41) is 2.54. The second-order valence-corrected chi connectivity index (χ2v) is 7.53. The molecule has 2 heterocycles. The summed E-state index contributed by atoms with van der Waals surface area (Å²) in [5.41, 5.74) is -0.700. The minimum Gasteiger partial charge on any atom is -0.465 e. The fraction of sp³-hybridized carbons (Fsp3) is 0.333. The third-order valence-electron chi connectivity index (χ3n) is 5.06. The number of amides is 2. The standard InChI is InChI=1S/C21H22F3N3O3/c1-27(15-19(28)25-17-5-2-4-16(14-17)21(22,23)24)11-9-26(10-12-27)20(29)8-7-18-6-3-13-30-18/h2-8,13-14H,9-12,15H2,1H3/p+1. The molecular weight excluding hydrogens is 399 g/mol. The number of benzene rings is 1. The van der Waals surface area contributed by atoms with Crippen LogP contribution in [-0.4, -0.2) is 61.0 Å². The van der Waals surface area contributed by atoms with Crippen LogP contribution in [0.2, 0.25) is 0 Å². The second-order valence-electron chi connectivity index (χ2n) is 7.53. The van der Waals surface area contributed by atoms with Crippen molar-refractivity contribution < 1.29 is 31.7 Å². The second kappa shape index (κ2) is 8.74. The predicted octanol–water partition coefficient (Wildman–Crippen LogP) is 3.24. The molecule has 1 saturated heterocycles. The van der Waals surface area contributed by atoms with E-state index in [0.717, 1.165) is 12.1 Å². The summed E-state index contributed by atoms with van der Waals surface area (Å²) >= 11 is 0. The largest absolute Gasteiger partial charge is 0.465 e. The van der Waals surface area contributed by atoms with Crippen LogP contribution in [0.4, 0.5) is 18.9 Å². The van der Waals surface area contributed by atoms with Crippen LogP contribution >= 0.6 is 0 Å². The molecule has 1 fully saturated rings. The van der Waals surface area contributed by atoms with Gasteiger partial charge in [0.05, 0.1) is 45.1 Å². The lowest BCUT2D eigenvalue weighted by Crippen LogP contribution is -2.60. The highest BCUT2D eigenvalue weighted by Crippen LogP contribution is 2.30. The molecule has 0 radical (unpaired) electrons. The van der Waals surface area contributed by atoms with Crippen molar-refractivity contribution in [1.82, 2.24) is 4.90 Å².